The van der Waals surface area contributed by atoms with Gasteiger partial charge in [-0.1, -0.05) is 226 Å². The summed E-state index contributed by atoms with van der Waals surface area (Å²) in [5.41, 5.74) is 0. The molecule has 0 nitrogen and oxygen atoms in total. The van der Waals surface area contributed by atoms with Crippen molar-refractivity contribution in [2.24, 2.45) is 17.8 Å². The van der Waals surface area contributed by atoms with E-state index in [1.165, 1.54) is 38.5 Å². The molecule has 0 saturated carbocycles. The SMILES string of the molecule is C.C.C.C.C.C.C.C.C.C.C.C.C.C.C.CC#CC#CC#C/C=C/CCC(C)CC.CC#CC#CC#C/C=C/CCC(C)CCC.CC#CC#CC#CC#CCCC(C)CC. The van der Waals surface area contributed by atoms with Crippen LogP contribution in [-0.2, 0) is 0 Å². The Bertz CT molecular complexity index is 1490. The molecule has 0 N–H and O–H groups in total. The first kappa shape index (κ1) is 117. The fourth-order valence-electron chi connectivity index (χ4n) is 3.11. The molecule has 0 amide bonds. The van der Waals surface area contributed by atoms with Crippen molar-refractivity contribution in [3.63, 3.8) is 0 Å². The highest BCUT2D eigenvalue weighted by Gasteiger charge is 1.97. The zero-order valence-electron chi connectivity index (χ0n) is 30.1. The van der Waals surface area contributed by atoms with Crippen LogP contribution in [0.2, 0.25) is 0 Å². The average molecular weight is 848 g/mol. The lowest BCUT2D eigenvalue weighted by molar-refractivity contribution is 0.491. The molecule has 0 aromatic heterocycles. The molecule has 0 saturated heterocycles. The number of allylic oxidation sites excluding steroid dienone is 4. The third-order valence-electron chi connectivity index (χ3n) is 6.29. The van der Waals surface area contributed by atoms with Gasteiger partial charge in [0.2, 0.25) is 0 Å². The predicted molar refractivity (Wildman–Crippen MR) is 305 cm³/mol. The van der Waals surface area contributed by atoms with Crippen molar-refractivity contribution in [1.82, 2.24) is 0 Å². The molecule has 0 bridgehead atoms. The average Bonchev–Trinajstić information content (AvgIpc) is 3.06. The maximum atomic E-state index is 3.01. The summed E-state index contributed by atoms with van der Waals surface area (Å²) in [5, 5.41) is 0. The van der Waals surface area contributed by atoms with Gasteiger partial charge in [-0.15, -0.1) is 0 Å². The van der Waals surface area contributed by atoms with E-state index in [4.69, 9.17) is 0 Å². The molecule has 3 atom stereocenters. The normalized spacial score (nSPS) is 7.43. The summed E-state index contributed by atoms with van der Waals surface area (Å²) in [6, 6.07) is 0. The highest BCUT2D eigenvalue weighted by molar-refractivity contribution is 5.40. The van der Waals surface area contributed by atoms with Crippen LogP contribution < -0.4 is 0 Å². The van der Waals surface area contributed by atoms with Crippen LogP contribution in [0.15, 0.2) is 24.3 Å². The van der Waals surface area contributed by atoms with Crippen LogP contribution in [0.4, 0.5) is 0 Å². The van der Waals surface area contributed by atoms with Gasteiger partial charge in [-0.25, -0.2) is 0 Å². The second kappa shape index (κ2) is 111. The fourth-order valence-corrected chi connectivity index (χ4v) is 3.11. The fraction of sp³-hybridized carbons (Fsp3) is 0.607. The van der Waals surface area contributed by atoms with Crippen molar-refractivity contribution in [2.75, 3.05) is 0 Å². The molecular weight excluding hydrogens is 733 g/mol. The van der Waals surface area contributed by atoms with Gasteiger partial charge in [0.05, 0.1) is 0 Å². The van der Waals surface area contributed by atoms with Crippen molar-refractivity contribution in [3.05, 3.63) is 24.3 Å². The first-order valence-corrected chi connectivity index (χ1v) is 16.5. The van der Waals surface area contributed by atoms with E-state index in [1.54, 1.807) is 20.8 Å². The minimum absolute atomic E-state index is 0. The van der Waals surface area contributed by atoms with Crippen LogP contribution in [-0.4, -0.2) is 0 Å². The van der Waals surface area contributed by atoms with Crippen molar-refractivity contribution >= 4 is 0 Å². The Balaban J connectivity index is -0.0000000253. The monoisotopic (exact) mass is 847 g/mol. The van der Waals surface area contributed by atoms with Gasteiger partial charge < -0.3 is 0 Å². The Morgan fingerprint density at radius 2 is 0.639 bits per heavy atom. The van der Waals surface area contributed by atoms with E-state index in [0.717, 1.165) is 43.4 Å². The topological polar surface area (TPSA) is 0 Å². The summed E-state index contributed by atoms with van der Waals surface area (Å²) in [6.07, 6.45) is 19.8. The Labute approximate surface area is 396 Å². The molecule has 0 aromatic carbocycles. The summed E-state index contributed by atoms with van der Waals surface area (Å²) < 4.78 is 0. The molecule has 3 unspecified atom stereocenters. The lowest BCUT2D eigenvalue weighted by atomic mass is 10.0. The van der Waals surface area contributed by atoms with Gasteiger partial charge >= 0.3 is 0 Å². The van der Waals surface area contributed by atoms with E-state index < -0.39 is 0 Å². The van der Waals surface area contributed by atoms with Crippen LogP contribution in [0.5, 0.6) is 0 Å². The van der Waals surface area contributed by atoms with Crippen molar-refractivity contribution < 1.29 is 0 Å². The Kier molecular flexibility index (Phi) is 214. The van der Waals surface area contributed by atoms with Crippen LogP contribution in [0.25, 0.3) is 0 Å². The molecule has 358 valence electrons. The molecule has 0 spiro atoms. The second-order valence-electron chi connectivity index (χ2n) is 10.4. The molecule has 0 aliphatic carbocycles. The maximum absolute atomic E-state index is 3.01. The number of hydrogen-bond donors (Lipinski definition) is 0. The molecule has 0 heteroatoms. The molecule has 0 fully saturated rings. The van der Waals surface area contributed by atoms with E-state index in [-0.39, 0.29) is 111 Å². The van der Waals surface area contributed by atoms with E-state index >= 15 is 0 Å². The second-order valence-corrected chi connectivity index (χ2v) is 10.4. The molecule has 0 heterocycles. The van der Waals surface area contributed by atoms with E-state index in [9.17, 15) is 0 Å². The Hall–Kier alpha value is -4.92. The van der Waals surface area contributed by atoms with E-state index in [2.05, 4.69) is 172 Å². The van der Waals surface area contributed by atoms with Gasteiger partial charge in [-0.3, -0.25) is 0 Å². The molecule has 61 heavy (non-hydrogen) atoms. The summed E-state index contributed by atoms with van der Waals surface area (Å²) in [6.45, 7) is 18.7. The van der Waals surface area contributed by atoms with E-state index in [0.29, 0.717) is 0 Å². The summed E-state index contributed by atoms with van der Waals surface area (Å²) in [7, 11) is 0. The number of rotatable bonds is 12. The van der Waals surface area contributed by atoms with Crippen LogP contribution in [0.1, 0.15) is 238 Å². The summed E-state index contributed by atoms with van der Waals surface area (Å²) in [5.74, 6) is 56.5. The standard InChI is InChI=1S/C16H20.C15H18.C15H16.15CH4/c1-4-6-7-8-9-10-11-12-13-15-16(3)14-5-2;2*1-4-6-7-8-9-10-11-12-13-14-15(3)5-2;;;;;;;;;;;;;;;/h11-12,16H,5,13-15H2,1-3H3;11-12,15H,5,13-14H2,1-3H3;15H,5,13-14H2,1-3H3;15*1H4/b2*12-11+;;;;;;;;;;;;;;;;. The number of hydrogen-bond acceptors (Lipinski definition) is 0. The Morgan fingerprint density at radius 3 is 0.967 bits per heavy atom. The molecule has 0 aliphatic heterocycles. The minimum atomic E-state index is 0. The largest absolute Gasteiger partial charge is 0.0925 e. The maximum Gasteiger partial charge on any atom is 0.0101 e. The quantitative estimate of drug-likeness (QED) is 0.172. The van der Waals surface area contributed by atoms with Crippen LogP contribution in [0, 0.1) is 136 Å². The van der Waals surface area contributed by atoms with Crippen LogP contribution in [0.3, 0.4) is 0 Å². The van der Waals surface area contributed by atoms with Crippen molar-refractivity contribution in [3.8, 4) is 118 Å². The zero-order valence-corrected chi connectivity index (χ0v) is 30.1. The first-order chi connectivity index (χ1) is 22.4. The van der Waals surface area contributed by atoms with Gasteiger partial charge in [-0.2, -0.15) is 0 Å². The summed E-state index contributed by atoms with van der Waals surface area (Å²) >= 11 is 0. The van der Waals surface area contributed by atoms with Crippen molar-refractivity contribution in [2.45, 2.75) is 238 Å². The van der Waals surface area contributed by atoms with Crippen molar-refractivity contribution in [1.29, 1.82) is 0 Å². The minimum Gasteiger partial charge on any atom is -0.0925 e. The van der Waals surface area contributed by atoms with Gasteiger partial charge in [0.15, 0.2) is 0 Å². The van der Waals surface area contributed by atoms with Crippen LogP contribution >= 0.6 is 0 Å². The van der Waals surface area contributed by atoms with Gasteiger partial charge in [-0.05, 0) is 166 Å². The molecule has 0 rings (SSSR count). The third kappa shape index (κ3) is 126. The highest BCUT2D eigenvalue weighted by Crippen LogP contribution is 2.12. The first-order valence-electron chi connectivity index (χ1n) is 16.5. The lowest BCUT2D eigenvalue weighted by Crippen LogP contribution is -1.91. The smallest absolute Gasteiger partial charge is 0.0101 e. The van der Waals surface area contributed by atoms with E-state index in [1.807, 2.05) is 12.2 Å². The van der Waals surface area contributed by atoms with Gasteiger partial charge in [0, 0.05) is 6.42 Å². The van der Waals surface area contributed by atoms with Gasteiger partial charge in [0.25, 0.3) is 0 Å². The molecule has 0 aliphatic rings. The lowest BCUT2D eigenvalue weighted by Gasteiger charge is -2.06. The molecule has 0 aromatic rings. The third-order valence-corrected chi connectivity index (χ3v) is 6.29. The Morgan fingerprint density at radius 1 is 0.344 bits per heavy atom. The van der Waals surface area contributed by atoms with Gasteiger partial charge in [0.1, 0.15) is 0 Å². The zero-order chi connectivity index (χ0) is 34.8. The summed E-state index contributed by atoms with van der Waals surface area (Å²) in [4.78, 5) is 0. The molecule has 0 radical (unpaired) electrons. The highest BCUT2D eigenvalue weighted by atomic mass is 14.0. The molecular formula is C61H114. The predicted octanol–water partition coefficient (Wildman–Crippen LogP) is 19.6.